The number of halogens is 1. The van der Waals surface area contributed by atoms with Gasteiger partial charge >= 0.3 is 0 Å². The van der Waals surface area contributed by atoms with Crippen LogP contribution in [0.2, 0.25) is 5.02 Å². The van der Waals surface area contributed by atoms with Crippen LogP contribution in [0.4, 0.5) is 5.69 Å². The average Bonchev–Trinajstić information content (AvgIpc) is 3.30. The number of carbonyl (C=O) groups excluding carboxylic acids is 2. The highest BCUT2D eigenvalue weighted by Gasteiger charge is 2.43. The van der Waals surface area contributed by atoms with E-state index in [9.17, 15) is 14.7 Å². The Morgan fingerprint density at radius 1 is 1.31 bits per heavy atom. The third-order valence-electron chi connectivity index (χ3n) is 5.82. The molecule has 5 rings (SSSR count). The molecule has 0 radical (unpaired) electrons. The van der Waals surface area contributed by atoms with E-state index in [4.69, 9.17) is 16.3 Å². The van der Waals surface area contributed by atoms with E-state index in [1.165, 1.54) is 22.5 Å². The smallest absolute Gasteiger partial charge is 0.261 e. The minimum atomic E-state index is -0.545. The molecule has 11 nitrogen and oxygen atoms in total. The quantitative estimate of drug-likeness (QED) is 0.341. The van der Waals surface area contributed by atoms with Crippen LogP contribution < -0.4 is 15.4 Å². The minimum Gasteiger partial charge on any atom is -0.496 e. The van der Waals surface area contributed by atoms with Gasteiger partial charge in [-0.15, -0.1) is 0 Å². The van der Waals surface area contributed by atoms with Crippen molar-refractivity contribution in [1.29, 1.82) is 0 Å². The zero-order valence-electron chi connectivity index (χ0n) is 18.7. The minimum absolute atomic E-state index is 0.105. The van der Waals surface area contributed by atoms with Crippen LogP contribution >= 0.6 is 11.6 Å². The Bertz CT molecular complexity index is 1430. The van der Waals surface area contributed by atoms with Gasteiger partial charge in [0.1, 0.15) is 23.6 Å². The first-order valence-corrected chi connectivity index (χ1v) is 11.2. The number of amides is 2. The molecule has 0 aliphatic heterocycles. The van der Waals surface area contributed by atoms with Crippen LogP contribution in [-0.2, 0) is 11.3 Å². The lowest BCUT2D eigenvalue weighted by molar-refractivity contribution is -0.123. The average molecular weight is 496 g/mol. The van der Waals surface area contributed by atoms with Gasteiger partial charge in [0.05, 0.1) is 31.1 Å². The molecule has 0 saturated heterocycles. The predicted molar refractivity (Wildman–Crippen MR) is 127 cm³/mol. The van der Waals surface area contributed by atoms with Crippen LogP contribution in [0, 0.1) is 0 Å². The summed E-state index contributed by atoms with van der Waals surface area (Å²) < 4.78 is 8.39. The molecule has 0 bridgehead atoms. The van der Waals surface area contributed by atoms with Gasteiger partial charge in [-0.05, 0) is 37.1 Å². The first-order valence-electron chi connectivity index (χ1n) is 10.8. The maximum absolute atomic E-state index is 13.2. The molecular formula is C23H22ClN7O4. The number of anilines is 1. The zero-order valence-corrected chi connectivity index (χ0v) is 19.5. The number of aliphatic hydroxyl groups is 1. The third kappa shape index (κ3) is 4.55. The molecular weight excluding hydrogens is 474 g/mol. The number of nitrogens with zero attached hydrogens (tertiary/aromatic N) is 5. The van der Waals surface area contributed by atoms with Crippen LogP contribution in [0.5, 0.6) is 5.75 Å². The zero-order chi connectivity index (χ0) is 24.6. The Morgan fingerprint density at radius 3 is 2.89 bits per heavy atom. The number of methoxy groups -OCH3 is 1. The molecule has 1 aromatic carbocycles. The van der Waals surface area contributed by atoms with Crippen LogP contribution in [0.25, 0.3) is 16.9 Å². The van der Waals surface area contributed by atoms with Crippen molar-refractivity contribution in [2.75, 3.05) is 19.0 Å². The second kappa shape index (κ2) is 9.01. The van der Waals surface area contributed by atoms with Gasteiger partial charge in [-0.1, -0.05) is 11.6 Å². The summed E-state index contributed by atoms with van der Waals surface area (Å²) in [4.78, 5) is 30.0. The SMILES string of the molecule is COc1ccc(Cl)cc1-c1nn(CC(=O)NC2(CO)CC2)cc1NC(=O)c1cnn2cccnc12. The number of hydrogen-bond acceptors (Lipinski definition) is 7. The fraction of sp³-hybridized carbons (Fsp3) is 0.261. The van der Waals surface area contributed by atoms with Crippen molar-refractivity contribution >= 4 is 34.7 Å². The maximum Gasteiger partial charge on any atom is 0.261 e. The van der Waals surface area contributed by atoms with Gasteiger partial charge in [-0.2, -0.15) is 10.2 Å². The van der Waals surface area contributed by atoms with Crippen molar-refractivity contribution < 1.29 is 19.4 Å². The van der Waals surface area contributed by atoms with E-state index in [-0.39, 0.29) is 24.6 Å². The number of ether oxygens (including phenoxy) is 1. The van der Waals surface area contributed by atoms with E-state index in [2.05, 4.69) is 25.8 Å². The molecule has 1 saturated carbocycles. The third-order valence-corrected chi connectivity index (χ3v) is 6.05. The molecule has 2 amide bonds. The lowest BCUT2D eigenvalue weighted by Crippen LogP contribution is -2.41. The Hall–Kier alpha value is -3.96. The van der Waals surface area contributed by atoms with Gasteiger partial charge in [-0.3, -0.25) is 14.3 Å². The van der Waals surface area contributed by atoms with E-state index < -0.39 is 11.4 Å². The Kier molecular flexibility index (Phi) is 5.87. The molecule has 180 valence electrons. The summed E-state index contributed by atoms with van der Waals surface area (Å²) in [5, 5.41) is 24.4. The fourth-order valence-electron chi connectivity index (χ4n) is 3.79. The highest BCUT2D eigenvalue weighted by atomic mass is 35.5. The Morgan fingerprint density at radius 2 is 2.14 bits per heavy atom. The van der Waals surface area contributed by atoms with Gasteiger partial charge in [0.25, 0.3) is 5.91 Å². The van der Waals surface area contributed by atoms with Crippen LogP contribution in [0.1, 0.15) is 23.2 Å². The summed E-state index contributed by atoms with van der Waals surface area (Å²) in [7, 11) is 1.52. The molecule has 0 atom stereocenters. The largest absolute Gasteiger partial charge is 0.496 e. The highest BCUT2D eigenvalue weighted by Crippen LogP contribution is 2.37. The highest BCUT2D eigenvalue weighted by molar-refractivity contribution is 6.31. The van der Waals surface area contributed by atoms with E-state index in [1.807, 2.05) is 0 Å². The molecule has 0 spiro atoms. The van der Waals surface area contributed by atoms with Crippen molar-refractivity contribution in [2.45, 2.75) is 24.9 Å². The summed E-state index contributed by atoms with van der Waals surface area (Å²) in [6, 6.07) is 6.76. The van der Waals surface area contributed by atoms with Gasteiger partial charge < -0.3 is 20.5 Å². The normalized spacial score (nSPS) is 14.0. The summed E-state index contributed by atoms with van der Waals surface area (Å²) >= 11 is 6.23. The van der Waals surface area contributed by atoms with Crippen LogP contribution in [0.3, 0.4) is 0 Å². The predicted octanol–water partition coefficient (Wildman–Crippen LogP) is 2.15. The number of fused-ring (bicyclic) bond motifs is 1. The van der Waals surface area contributed by atoms with Gasteiger partial charge in [-0.25, -0.2) is 9.50 Å². The lowest BCUT2D eigenvalue weighted by Gasteiger charge is -2.13. The first kappa shape index (κ1) is 22.8. The number of rotatable bonds is 8. The van der Waals surface area contributed by atoms with Crippen molar-refractivity contribution in [3.63, 3.8) is 0 Å². The first-order chi connectivity index (χ1) is 16.9. The molecule has 1 aliphatic carbocycles. The molecule has 1 aliphatic rings. The molecule has 4 aromatic rings. The summed E-state index contributed by atoms with van der Waals surface area (Å²) in [5.41, 5.74) is 1.40. The topological polar surface area (TPSA) is 136 Å². The van der Waals surface area contributed by atoms with Crippen LogP contribution in [-0.4, -0.2) is 60.6 Å². The number of hydrogen-bond donors (Lipinski definition) is 3. The second-order valence-electron chi connectivity index (χ2n) is 8.32. The number of nitrogens with one attached hydrogen (secondary N) is 2. The number of aliphatic hydroxyl groups excluding tert-OH is 1. The van der Waals surface area contributed by atoms with Crippen LogP contribution in [0.15, 0.2) is 49.1 Å². The van der Waals surface area contributed by atoms with Crippen molar-refractivity contribution in [3.05, 3.63) is 59.6 Å². The fourth-order valence-corrected chi connectivity index (χ4v) is 3.96. The van der Waals surface area contributed by atoms with Gasteiger partial charge in [0.15, 0.2) is 5.65 Å². The summed E-state index contributed by atoms with van der Waals surface area (Å²) in [6.07, 6.45) is 7.72. The van der Waals surface area contributed by atoms with E-state index in [0.29, 0.717) is 33.4 Å². The van der Waals surface area contributed by atoms with Crippen molar-refractivity contribution in [1.82, 2.24) is 29.7 Å². The molecule has 1 fully saturated rings. The standard InChI is InChI=1S/C23H22ClN7O4/c1-35-18-4-3-14(24)9-15(18)20-17(11-30(29-20)12-19(33)28-23(13-32)5-6-23)27-22(34)16-10-26-31-8-2-7-25-21(16)31/h2-4,7-11,32H,5-6,12-13H2,1H3,(H,27,34)(H,28,33). The summed E-state index contributed by atoms with van der Waals surface area (Å²) in [5.74, 6) is -0.245. The second-order valence-corrected chi connectivity index (χ2v) is 8.76. The van der Waals surface area contributed by atoms with Crippen molar-refractivity contribution in [2.24, 2.45) is 0 Å². The molecule has 3 N–H and O–H groups in total. The molecule has 3 aromatic heterocycles. The maximum atomic E-state index is 13.2. The molecule has 12 heteroatoms. The molecule has 35 heavy (non-hydrogen) atoms. The number of benzene rings is 1. The molecule has 0 unspecified atom stereocenters. The number of aromatic nitrogens is 5. The van der Waals surface area contributed by atoms with E-state index in [0.717, 1.165) is 12.8 Å². The Labute approximate surface area is 204 Å². The monoisotopic (exact) mass is 495 g/mol. The van der Waals surface area contributed by atoms with E-state index in [1.54, 1.807) is 42.9 Å². The van der Waals surface area contributed by atoms with Gasteiger partial charge in [0.2, 0.25) is 5.91 Å². The number of carbonyl (C=O) groups is 2. The van der Waals surface area contributed by atoms with E-state index >= 15 is 0 Å². The van der Waals surface area contributed by atoms with Crippen molar-refractivity contribution in [3.8, 4) is 17.0 Å². The Balaban J connectivity index is 1.49. The van der Waals surface area contributed by atoms with Gasteiger partial charge in [0, 0.05) is 29.2 Å². The molecule has 3 heterocycles. The lowest BCUT2D eigenvalue weighted by atomic mass is 10.1. The summed E-state index contributed by atoms with van der Waals surface area (Å²) in [6.45, 7) is -0.219.